The van der Waals surface area contributed by atoms with Gasteiger partial charge in [-0.1, -0.05) is 0 Å². The molecule has 3 heterocycles. The lowest BCUT2D eigenvalue weighted by Gasteiger charge is -2.31. The summed E-state index contributed by atoms with van der Waals surface area (Å²) in [6, 6.07) is 3.31. The monoisotopic (exact) mass is 260 g/mol. The maximum absolute atomic E-state index is 11.1. The van der Waals surface area contributed by atoms with Gasteiger partial charge in [0.2, 0.25) is 11.9 Å². The maximum Gasteiger partial charge on any atom is 0.248 e. The second-order valence-electron chi connectivity index (χ2n) is 4.78. The minimum atomic E-state index is -0.452. The number of aromatic nitrogens is 3. The molecular formula is C12H16N6O. The Bertz CT molecular complexity index is 614. The normalized spacial score (nSPS) is 17.0. The first-order chi connectivity index (χ1) is 9.13. The minimum absolute atomic E-state index is 0.449. The molecule has 1 aliphatic rings. The fraction of sp³-hybridized carbons (Fsp3) is 0.417. The molecule has 0 radical (unpaired) electrons. The number of primary amides is 1. The van der Waals surface area contributed by atoms with E-state index in [1.807, 2.05) is 0 Å². The van der Waals surface area contributed by atoms with E-state index in [1.165, 1.54) is 0 Å². The first kappa shape index (κ1) is 11.9. The summed E-state index contributed by atoms with van der Waals surface area (Å²) in [6.45, 7) is 3.83. The molecule has 2 aromatic rings. The Morgan fingerprint density at radius 2 is 2.05 bits per heavy atom. The van der Waals surface area contributed by atoms with Gasteiger partial charge < -0.3 is 15.5 Å². The van der Waals surface area contributed by atoms with Gasteiger partial charge in [0.15, 0.2) is 5.65 Å². The average Bonchev–Trinajstić information content (AvgIpc) is 2.82. The number of fused-ring (bicyclic) bond motifs is 1. The van der Waals surface area contributed by atoms with Crippen LogP contribution in [0.1, 0.15) is 10.4 Å². The Hall–Kier alpha value is -2.15. The number of nitrogens with two attached hydrogens (primary N) is 1. The highest BCUT2D eigenvalue weighted by molar-refractivity contribution is 5.93. The SMILES string of the molecule is CN1CCN(c2nc3cc(C(N)=O)ccn3n2)CC1. The molecule has 0 atom stereocenters. The van der Waals surface area contributed by atoms with Crippen LogP contribution in [0.2, 0.25) is 0 Å². The molecule has 0 unspecified atom stereocenters. The molecule has 0 aliphatic carbocycles. The van der Waals surface area contributed by atoms with Crippen molar-refractivity contribution in [2.45, 2.75) is 0 Å². The summed E-state index contributed by atoms with van der Waals surface area (Å²) in [5.41, 5.74) is 6.35. The fourth-order valence-electron chi connectivity index (χ4n) is 2.16. The molecule has 1 fully saturated rings. The number of anilines is 1. The Morgan fingerprint density at radius 3 is 2.74 bits per heavy atom. The van der Waals surface area contributed by atoms with Crippen molar-refractivity contribution in [3.63, 3.8) is 0 Å². The third-order valence-corrected chi connectivity index (χ3v) is 3.40. The summed E-state index contributed by atoms with van der Waals surface area (Å²) in [4.78, 5) is 20.0. The zero-order chi connectivity index (χ0) is 13.4. The van der Waals surface area contributed by atoms with E-state index in [2.05, 4.69) is 26.9 Å². The number of piperazine rings is 1. The van der Waals surface area contributed by atoms with Crippen molar-refractivity contribution < 1.29 is 4.79 Å². The molecule has 0 spiro atoms. The zero-order valence-electron chi connectivity index (χ0n) is 10.8. The predicted molar refractivity (Wildman–Crippen MR) is 71.2 cm³/mol. The third-order valence-electron chi connectivity index (χ3n) is 3.40. The van der Waals surface area contributed by atoms with E-state index in [0.717, 1.165) is 26.2 Å². The first-order valence-electron chi connectivity index (χ1n) is 6.23. The lowest BCUT2D eigenvalue weighted by molar-refractivity contribution is 0.100. The van der Waals surface area contributed by atoms with Crippen molar-refractivity contribution in [3.8, 4) is 0 Å². The number of carbonyl (C=O) groups is 1. The Labute approximate surface area is 110 Å². The number of carbonyl (C=O) groups excluding carboxylic acids is 1. The number of amides is 1. The molecule has 2 aromatic heterocycles. The number of hydrogen-bond donors (Lipinski definition) is 1. The van der Waals surface area contributed by atoms with E-state index < -0.39 is 5.91 Å². The molecule has 19 heavy (non-hydrogen) atoms. The van der Waals surface area contributed by atoms with Gasteiger partial charge in [0, 0.05) is 37.9 Å². The van der Waals surface area contributed by atoms with E-state index in [4.69, 9.17) is 5.73 Å². The number of nitrogens with zero attached hydrogens (tertiary/aromatic N) is 5. The van der Waals surface area contributed by atoms with Crippen LogP contribution in [0.5, 0.6) is 0 Å². The highest BCUT2D eigenvalue weighted by Crippen LogP contribution is 2.13. The minimum Gasteiger partial charge on any atom is -0.366 e. The standard InChI is InChI=1S/C12H16N6O/c1-16-4-6-17(7-5-16)12-14-10-8-9(11(13)19)2-3-18(10)15-12/h2-3,8H,4-7H2,1H3,(H2,13,19). The summed E-state index contributed by atoms with van der Waals surface area (Å²) in [5, 5.41) is 4.42. The van der Waals surface area contributed by atoms with E-state index in [0.29, 0.717) is 17.2 Å². The summed E-state index contributed by atoms with van der Waals surface area (Å²) in [5.74, 6) is 0.251. The largest absolute Gasteiger partial charge is 0.366 e. The molecule has 3 rings (SSSR count). The Balaban J connectivity index is 1.91. The van der Waals surface area contributed by atoms with Crippen molar-refractivity contribution in [2.75, 3.05) is 38.1 Å². The Morgan fingerprint density at radius 1 is 1.32 bits per heavy atom. The molecule has 0 saturated carbocycles. The van der Waals surface area contributed by atoms with Crippen molar-refractivity contribution in [3.05, 3.63) is 23.9 Å². The fourth-order valence-corrected chi connectivity index (χ4v) is 2.16. The van der Waals surface area contributed by atoms with Crippen molar-refractivity contribution in [1.29, 1.82) is 0 Å². The number of rotatable bonds is 2. The quantitative estimate of drug-likeness (QED) is 0.793. The van der Waals surface area contributed by atoms with Crippen molar-refractivity contribution >= 4 is 17.5 Å². The van der Waals surface area contributed by atoms with E-state index in [1.54, 1.807) is 22.8 Å². The van der Waals surface area contributed by atoms with Crippen molar-refractivity contribution in [2.24, 2.45) is 5.73 Å². The van der Waals surface area contributed by atoms with Crippen LogP contribution in [0.3, 0.4) is 0 Å². The van der Waals surface area contributed by atoms with Crippen LogP contribution in [0.15, 0.2) is 18.3 Å². The van der Waals surface area contributed by atoms with Gasteiger partial charge in [-0.2, -0.15) is 4.98 Å². The summed E-state index contributed by atoms with van der Waals surface area (Å²) >= 11 is 0. The van der Waals surface area contributed by atoms with Crippen LogP contribution in [0, 0.1) is 0 Å². The topological polar surface area (TPSA) is 79.8 Å². The first-order valence-corrected chi connectivity index (χ1v) is 6.23. The molecule has 0 aromatic carbocycles. The van der Waals surface area contributed by atoms with Gasteiger partial charge in [0.05, 0.1) is 0 Å². The second kappa shape index (κ2) is 4.51. The molecule has 1 aliphatic heterocycles. The van der Waals surface area contributed by atoms with Crippen molar-refractivity contribution in [1.82, 2.24) is 19.5 Å². The average molecular weight is 260 g/mol. The molecule has 2 N–H and O–H groups in total. The van der Waals surface area contributed by atoms with E-state index >= 15 is 0 Å². The molecule has 0 bridgehead atoms. The highest BCUT2D eigenvalue weighted by atomic mass is 16.1. The number of hydrogen-bond acceptors (Lipinski definition) is 5. The molecule has 100 valence electrons. The van der Waals surface area contributed by atoms with Gasteiger partial charge in [-0.15, -0.1) is 5.10 Å². The predicted octanol–water partition coefficient (Wildman–Crippen LogP) is -0.420. The summed E-state index contributed by atoms with van der Waals surface area (Å²) < 4.78 is 1.67. The van der Waals surface area contributed by atoms with Gasteiger partial charge >= 0.3 is 0 Å². The van der Waals surface area contributed by atoms with Gasteiger partial charge in [0.1, 0.15) is 0 Å². The lowest BCUT2D eigenvalue weighted by Crippen LogP contribution is -2.44. The molecule has 7 heteroatoms. The maximum atomic E-state index is 11.1. The zero-order valence-corrected chi connectivity index (χ0v) is 10.8. The molecular weight excluding hydrogens is 244 g/mol. The van der Waals surface area contributed by atoms with Crippen LogP contribution >= 0.6 is 0 Å². The van der Waals surface area contributed by atoms with Gasteiger partial charge in [0.25, 0.3) is 0 Å². The van der Waals surface area contributed by atoms with Crippen LogP contribution < -0.4 is 10.6 Å². The van der Waals surface area contributed by atoms with Gasteiger partial charge in [-0.25, -0.2) is 4.52 Å². The lowest BCUT2D eigenvalue weighted by atomic mass is 10.2. The highest BCUT2D eigenvalue weighted by Gasteiger charge is 2.18. The molecule has 7 nitrogen and oxygen atoms in total. The smallest absolute Gasteiger partial charge is 0.248 e. The third kappa shape index (κ3) is 2.24. The molecule has 1 amide bonds. The van der Waals surface area contributed by atoms with E-state index in [-0.39, 0.29) is 0 Å². The van der Waals surface area contributed by atoms with Crippen LogP contribution in [-0.4, -0.2) is 58.6 Å². The molecule has 1 saturated heterocycles. The Kier molecular flexibility index (Phi) is 2.83. The van der Waals surface area contributed by atoms with E-state index in [9.17, 15) is 4.79 Å². The van der Waals surface area contributed by atoms with Gasteiger partial charge in [-0.3, -0.25) is 4.79 Å². The van der Waals surface area contributed by atoms with Crippen LogP contribution in [-0.2, 0) is 0 Å². The van der Waals surface area contributed by atoms with Gasteiger partial charge in [-0.05, 0) is 19.2 Å². The second-order valence-corrected chi connectivity index (χ2v) is 4.78. The number of likely N-dealkylation sites (N-methyl/N-ethyl adjacent to an activating group) is 1. The van der Waals surface area contributed by atoms with Crippen LogP contribution in [0.4, 0.5) is 5.95 Å². The summed E-state index contributed by atoms with van der Waals surface area (Å²) in [7, 11) is 2.10. The summed E-state index contributed by atoms with van der Waals surface area (Å²) in [6.07, 6.45) is 1.71. The number of pyridine rings is 1. The van der Waals surface area contributed by atoms with Crippen LogP contribution in [0.25, 0.3) is 5.65 Å².